The number of sulfonamides is 1. The van der Waals surface area contributed by atoms with Crippen molar-refractivity contribution in [1.29, 1.82) is 0 Å². The van der Waals surface area contributed by atoms with Gasteiger partial charge in [0.2, 0.25) is 21.8 Å². The fraction of sp³-hybridized carbons (Fsp3) is 0.462. The van der Waals surface area contributed by atoms with E-state index >= 15 is 0 Å². The van der Waals surface area contributed by atoms with Gasteiger partial charge < -0.3 is 10.2 Å². The lowest BCUT2D eigenvalue weighted by Gasteiger charge is -2.31. The number of benzene rings is 2. The van der Waals surface area contributed by atoms with Gasteiger partial charge in [0.25, 0.3) is 0 Å². The lowest BCUT2D eigenvalue weighted by Crippen LogP contribution is -2.49. The van der Waals surface area contributed by atoms with Crippen LogP contribution in [0.4, 0.5) is 5.69 Å². The van der Waals surface area contributed by atoms with Crippen molar-refractivity contribution in [2.24, 2.45) is 0 Å². The van der Waals surface area contributed by atoms with E-state index in [-0.39, 0.29) is 31.3 Å². The first-order valence-corrected chi connectivity index (χ1v) is 14.6. The number of anilines is 1. The maximum atomic E-state index is 13.4. The Bertz CT molecular complexity index is 1140. The van der Waals surface area contributed by atoms with Crippen LogP contribution in [0.1, 0.15) is 50.7 Å². The summed E-state index contributed by atoms with van der Waals surface area (Å²) in [5.74, 6) is -0.456. The zero-order chi connectivity index (χ0) is 26.9. The number of rotatable bonds is 13. The van der Waals surface area contributed by atoms with Gasteiger partial charge in [-0.05, 0) is 56.0 Å². The summed E-state index contributed by atoms with van der Waals surface area (Å²) in [4.78, 5) is 27.8. The summed E-state index contributed by atoms with van der Waals surface area (Å²) in [6, 6.07) is 11.6. The number of carbonyl (C=O) groups is 2. The lowest BCUT2D eigenvalue weighted by molar-refractivity contribution is -0.141. The summed E-state index contributed by atoms with van der Waals surface area (Å²) in [6.45, 7) is 6.59. The number of hydrogen-bond acceptors (Lipinski definition) is 4. The van der Waals surface area contributed by atoms with E-state index in [1.54, 1.807) is 35.2 Å². The predicted molar refractivity (Wildman–Crippen MR) is 147 cm³/mol. The maximum Gasteiger partial charge on any atom is 0.242 e. The molecule has 0 saturated carbocycles. The van der Waals surface area contributed by atoms with Crippen molar-refractivity contribution in [3.8, 4) is 0 Å². The first-order chi connectivity index (χ1) is 17.0. The molecule has 0 aliphatic rings. The van der Waals surface area contributed by atoms with Crippen LogP contribution in [0.5, 0.6) is 0 Å². The Morgan fingerprint density at radius 2 is 1.69 bits per heavy atom. The molecule has 198 valence electrons. The predicted octanol–water partition coefficient (Wildman–Crippen LogP) is 5.18. The third kappa shape index (κ3) is 8.68. The second-order valence-electron chi connectivity index (χ2n) is 8.76. The Labute approximate surface area is 224 Å². The molecule has 0 bridgehead atoms. The fourth-order valence-corrected chi connectivity index (χ4v) is 5.12. The molecular formula is C26H35Cl2N3O4S. The molecule has 2 aromatic carbocycles. The molecule has 7 nitrogen and oxygen atoms in total. The van der Waals surface area contributed by atoms with E-state index in [0.29, 0.717) is 35.1 Å². The first kappa shape index (κ1) is 29.9. The molecular weight excluding hydrogens is 521 g/mol. The number of nitrogens with one attached hydrogen (secondary N) is 1. The Morgan fingerprint density at radius 3 is 2.25 bits per heavy atom. The first-order valence-electron chi connectivity index (χ1n) is 12.0. The number of amides is 2. The molecule has 2 amide bonds. The molecule has 10 heteroatoms. The van der Waals surface area contributed by atoms with Gasteiger partial charge >= 0.3 is 0 Å². The minimum Gasteiger partial charge on any atom is -0.354 e. The van der Waals surface area contributed by atoms with E-state index in [4.69, 9.17) is 23.2 Å². The topological polar surface area (TPSA) is 86.8 Å². The second kappa shape index (κ2) is 13.9. The molecule has 1 atom stereocenters. The van der Waals surface area contributed by atoms with Gasteiger partial charge in [0, 0.05) is 26.1 Å². The van der Waals surface area contributed by atoms with Crippen molar-refractivity contribution in [1.82, 2.24) is 10.2 Å². The number of carbonyl (C=O) groups excluding carboxylic acids is 2. The van der Waals surface area contributed by atoms with Gasteiger partial charge in [-0.2, -0.15) is 0 Å². The Balaban J connectivity index is 2.22. The molecule has 0 unspecified atom stereocenters. The van der Waals surface area contributed by atoms with Gasteiger partial charge in [-0.1, -0.05) is 60.8 Å². The summed E-state index contributed by atoms with van der Waals surface area (Å²) in [5, 5.41) is 3.65. The normalized spacial score (nSPS) is 12.2. The van der Waals surface area contributed by atoms with Crippen molar-refractivity contribution in [2.45, 2.75) is 59.0 Å². The standard InChI is InChI=1S/C26H35Cl2N3O4S/c1-5-15-29-26(33)24(6-2)30(18-20-11-14-22(27)23(28)17-20)25(32)8-7-16-31(36(4,34)35)21-12-9-19(3)10-13-21/h9-14,17,24H,5-8,15-16,18H2,1-4H3,(H,29,33)/t24-/m0/s1. The van der Waals surface area contributed by atoms with Gasteiger partial charge in [-0.25, -0.2) is 8.42 Å². The molecule has 0 spiro atoms. The number of nitrogens with zero attached hydrogens (tertiary/aromatic N) is 2. The Morgan fingerprint density at radius 1 is 1.03 bits per heavy atom. The molecule has 0 aliphatic heterocycles. The van der Waals surface area contributed by atoms with Crippen LogP contribution in [0, 0.1) is 6.92 Å². The van der Waals surface area contributed by atoms with Crippen LogP contribution in [-0.4, -0.2) is 50.5 Å². The molecule has 0 heterocycles. The average Bonchev–Trinajstić information content (AvgIpc) is 2.82. The van der Waals surface area contributed by atoms with Gasteiger partial charge in [0.05, 0.1) is 22.0 Å². The van der Waals surface area contributed by atoms with Crippen molar-refractivity contribution in [3.05, 3.63) is 63.6 Å². The molecule has 36 heavy (non-hydrogen) atoms. The SMILES string of the molecule is CCCNC(=O)[C@H](CC)N(Cc1ccc(Cl)c(Cl)c1)C(=O)CCCN(c1ccc(C)cc1)S(C)(=O)=O. The minimum absolute atomic E-state index is 0.0801. The van der Waals surface area contributed by atoms with E-state index in [2.05, 4.69) is 5.32 Å². The highest BCUT2D eigenvalue weighted by Gasteiger charge is 2.28. The van der Waals surface area contributed by atoms with Gasteiger partial charge in [-0.3, -0.25) is 13.9 Å². The zero-order valence-electron chi connectivity index (χ0n) is 21.3. The number of hydrogen-bond donors (Lipinski definition) is 1. The van der Waals surface area contributed by atoms with E-state index < -0.39 is 16.1 Å². The maximum absolute atomic E-state index is 13.4. The van der Waals surface area contributed by atoms with E-state index in [1.165, 1.54) is 4.31 Å². The summed E-state index contributed by atoms with van der Waals surface area (Å²) in [5.41, 5.74) is 2.32. The highest BCUT2D eigenvalue weighted by Crippen LogP contribution is 2.25. The van der Waals surface area contributed by atoms with Crippen molar-refractivity contribution < 1.29 is 18.0 Å². The van der Waals surface area contributed by atoms with Gasteiger partial charge in [0.15, 0.2) is 0 Å². The highest BCUT2D eigenvalue weighted by molar-refractivity contribution is 7.92. The lowest BCUT2D eigenvalue weighted by atomic mass is 10.1. The van der Waals surface area contributed by atoms with E-state index in [9.17, 15) is 18.0 Å². The third-order valence-electron chi connectivity index (χ3n) is 5.75. The number of aryl methyl sites for hydroxylation is 1. The molecule has 0 fully saturated rings. The van der Waals surface area contributed by atoms with E-state index in [1.807, 2.05) is 32.9 Å². The summed E-state index contributed by atoms with van der Waals surface area (Å²) in [6.07, 6.45) is 2.74. The molecule has 0 saturated heterocycles. The van der Waals surface area contributed by atoms with Gasteiger partial charge in [-0.15, -0.1) is 0 Å². The quantitative estimate of drug-likeness (QED) is 0.368. The van der Waals surface area contributed by atoms with Gasteiger partial charge in [0.1, 0.15) is 6.04 Å². The van der Waals surface area contributed by atoms with Crippen LogP contribution < -0.4 is 9.62 Å². The largest absolute Gasteiger partial charge is 0.354 e. The summed E-state index contributed by atoms with van der Waals surface area (Å²) < 4.78 is 26.2. The van der Waals surface area contributed by atoms with Crippen LogP contribution >= 0.6 is 23.2 Å². The Hall–Kier alpha value is -2.29. The van der Waals surface area contributed by atoms with Crippen molar-refractivity contribution in [2.75, 3.05) is 23.7 Å². The average molecular weight is 557 g/mol. The monoisotopic (exact) mass is 555 g/mol. The molecule has 2 rings (SSSR count). The Kier molecular flexibility index (Phi) is 11.5. The zero-order valence-corrected chi connectivity index (χ0v) is 23.6. The molecule has 1 N–H and O–H groups in total. The molecule has 0 aromatic heterocycles. The molecule has 0 radical (unpaired) electrons. The van der Waals surface area contributed by atoms with Crippen LogP contribution in [0.15, 0.2) is 42.5 Å². The summed E-state index contributed by atoms with van der Waals surface area (Å²) >= 11 is 12.2. The van der Waals surface area contributed by atoms with Crippen LogP contribution in [0.25, 0.3) is 0 Å². The second-order valence-corrected chi connectivity index (χ2v) is 11.5. The van der Waals surface area contributed by atoms with Crippen LogP contribution in [-0.2, 0) is 26.2 Å². The highest BCUT2D eigenvalue weighted by atomic mass is 35.5. The van der Waals surface area contributed by atoms with Crippen molar-refractivity contribution >= 4 is 50.7 Å². The van der Waals surface area contributed by atoms with Crippen molar-refractivity contribution in [3.63, 3.8) is 0 Å². The van der Waals surface area contributed by atoms with E-state index in [0.717, 1.165) is 23.8 Å². The number of halogens is 2. The summed E-state index contributed by atoms with van der Waals surface area (Å²) in [7, 11) is -3.53. The third-order valence-corrected chi connectivity index (χ3v) is 7.68. The minimum atomic E-state index is -3.53. The smallest absolute Gasteiger partial charge is 0.242 e. The van der Waals surface area contributed by atoms with Crippen LogP contribution in [0.2, 0.25) is 10.0 Å². The molecule has 2 aromatic rings. The van der Waals surface area contributed by atoms with Crippen LogP contribution in [0.3, 0.4) is 0 Å². The molecule has 0 aliphatic carbocycles. The fourth-order valence-electron chi connectivity index (χ4n) is 3.84.